The smallest absolute Gasteiger partial charge is 0.330 e. The highest BCUT2D eigenvalue weighted by atomic mass is 28.4. The number of nitrogens with zero attached hydrogens (tertiary/aromatic N) is 2. The van der Waals surface area contributed by atoms with Crippen LogP contribution in [-0.2, 0) is 13.9 Å². The van der Waals surface area contributed by atoms with Gasteiger partial charge in [-0.1, -0.05) is 20.8 Å². The molecule has 2 aliphatic rings. The van der Waals surface area contributed by atoms with Crippen molar-refractivity contribution in [3.8, 4) is 0 Å². The van der Waals surface area contributed by atoms with Crippen LogP contribution < -0.4 is 21.5 Å². The maximum absolute atomic E-state index is 13.3. The van der Waals surface area contributed by atoms with Gasteiger partial charge in [-0.15, -0.1) is 0 Å². The molecule has 1 aromatic carbocycles. The number of nitrogens with one attached hydrogen (secondary N) is 2. The molecule has 1 amide bonds. The molecule has 2 aliphatic heterocycles. The molecular formula is C27H40N4O6Si. The molecule has 0 bridgehead atoms. The van der Waals surface area contributed by atoms with Gasteiger partial charge >= 0.3 is 5.69 Å². The van der Waals surface area contributed by atoms with Crippen molar-refractivity contribution in [2.75, 3.05) is 37.8 Å². The molecule has 2 fully saturated rings. The minimum atomic E-state index is -2.08. The Morgan fingerprint density at radius 2 is 1.82 bits per heavy atom. The lowest BCUT2D eigenvalue weighted by atomic mass is 10.1. The third-order valence-corrected chi connectivity index (χ3v) is 12.4. The lowest BCUT2D eigenvalue weighted by molar-refractivity contribution is -0.0263. The minimum Gasteiger partial charge on any atom is -0.414 e. The number of hydrogen-bond donors (Lipinski definition) is 2. The second-order valence-corrected chi connectivity index (χ2v) is 16.5. The van der Waals surface area contributed by atoms with E-state index < -0.39 is 31.9 Å². The number of carbonyl (C=O) groups excluding carboxylic acids is 1. The van der Waals surface area contributed by atoms with E-state index in [1.807, 2.05) is 24.3 Å². The van der Waals surface area contributed by atoms with Gasteiger partial charge in [-0.2, -0.15) is 0 Å². The van der Waals surface area contributed by atoms with Crippen LogP contribution in [0.5, 0.6) is 0 Å². The number of amides is 1. The van der Waals surface area contributed by atoms with Crippen molar-refractivity contribution in [1.82, 2.24) is 14.9 Å². The summed E-state index contributed by atoms with van der Waals surface area (Å²) in [6.45, 7) is 15.8. The van der Waals surface area contributed by atoms with Crippen molar-refractivity contribution in [2.24, 2.45) is 0 Å². The maximum atomic E-state index is 13.3. The number of hydrogen-bond acceptors (Lipinski definition) is 7. The number of carbonyl (C=O) groups is 1. The molecule has 3 atom stereocenters. The lowest BCUT2D eigenvalue weighted by Gasteiger charge is -2.37. The van der Waals surface area contributed by atoms with E-state index in [0.29, 0.717) is 37.4 Å². The summed E-state index contributed by atoms with van der Waals surface area (Å²) in [6, 6.07) is 7.17. The second-order valence-electron chi connectivity index (χ2n) is 11.6. The van der Waals surface area contributed by atoms with E-state index in [1.54, 1.807) is 6.92 Å². The number of anilines is 1. The Hall–Kier alpha value is -2.73. The topological polar surface area (TPSA) is 115 Å². The fourth-order valence-corrected chi connectivity index (χ4v) is 5.43. The molecule has 0 spiro atoms. The van der Waals surface area contributed by atoms with Crippen molar-refractivity contribution in [1.29, 1.82) is 0 Å². The van der Waals surface area contributed by atoms with E-state index in [2.05, 4.69) is 49.1 Å². The molecule has 0 saturated carbocycles. The van der Waals surface area contributed by atoms with Crippen LogP contribution in [0.15, 0.2) is 40.1 Å². The molecule has 208 valence electrons. The Morgan fingerprint density at radius 1 is 1.16 bits per heavy atom. The number of aryl methyl sites for hydroxylation is 1. The molecule has 0 unspecified atom stereocenters. The Morgan fingerprint density at radius 3 is 2.45 bits per heavy atom. The van der Waals surface area contributed by atoms with Gasteiger partial charge in [0, 0.05) is 42.5 Å². The maximum Gasteiger partial charge on any atom is 0.330 e. The average molecular weight is 545 g/mol. The van der Waals surface area contributed by atoms with Crippen LogP contribution >= 0.6 is 0 Å². The number of aromatic amines is 1. The lowest BCUT2D eigenvalue weighted by Crippen LogP contribution is -2.47. The monoisotopic (exact) mass is 544 g/mol. The van der Waals surface area contributed by atoms with Crippen LogP contribution in [-0.4, -0.2) is 68.8 Å². The van der Waals surface area contributed by atoms with E-state index in [1.165, 1.54) is 10.8 Å². The van der Waals surface area contributed by atoms with Gasteiger partial charge < -0.3 is 24.1 Å². The fraction of sp³-hybridized carbons (Fsp3) is 0.593. The third-order valence-electron chi connectivity index (χ3n) is 7.93. The average Bonchev–Trinajstić information content (AvgIpc) is 3.27. The van der Waals surface area contributed by atoms with E-state index in [4.69, 9.17) is 13.9 Å². The number of morpholine rings is 1. The zero-order valence-corrected chi connectivity index (χ0v) is 24.2. The summed E-state index contributed by atoms with van der Waals surface area (Å²) >= 11 is 0. The molecular weight excluding hydrogens is 504 g/mol. The van der Waals surface area contributed by atoms with Gasteiger partial charge in [-0.25, -0.2) is 4.79 Å². The largest absolute Gasteiger partial charge is 0.414 e. The summed E-state index contributed by atoms with van der Waals surface area (Å²) in [5.41, 5.74) is 1.05. The van der Waals surface area contributed by atoms with Crippen LogP contribution in [0, 0.1) is 6.92 Å². The van der Waals surface area contributed by atoms with Gasteiger partial charge in [0.05, 0.1) is 25.9 Å². The molecule has 0 radical (unpaired) electrons. The first-order chi connectivity index (χ1) is 17.9. The summed E-state index contributed by atoms with van der Waals surface area (Å²) in [7, 11) is -2.08. The highest BCUT2D eigenvalue weighted by molar-refractivity contribution is 6.74. The Labute approximate surface area is 224 Å². The first-order valence-corrected chi connectivity index (χ1v) is 16.1. The fourth-order valence-electron chi connectivity index (χ4n) is 4.41. The predicted octanol–water partition coefficient (Wildman–Crippen LogP) is 2.79. The predicted molar refractivity (Wildman–Crippen MR) is 148 cm³/mol. The van der Waals surface area contributed by atoms with E-state index in [0.717, 1.165) is 18.8 Å². The summed E-state index contributed by atoms with van der Waals surface area (Å²) in [6.07, 6.45) is 0.783. The minimum absolute atomic E-state index is 0.0128. The molecule has 2 aromatic rings. The molecule has 11 heteroatoms. The van der Waals surface area contributed by atoms with E-state index >= 15 is 0 Å². The zero-order chi connectivity index (χ0) is 27.7. The number of ether oxygens (including phenoxy) is 2. The first-order valence-electron chi connectivity index (χ1n) is 13.2. The standard InChI is InChI=1S/C27H40N4O6Si/c1-18-16-31(26(34)29-24(18)32)23-15-21(22(37-23)17-36-38(5,6)27(2,3)4)28-25(33)19-7-9-20(10-8-19)30-11-13-35-14-12-30/h7-10,16,21-23H,11-15,17H2,1-6H3,(H,28,33)(H,29,32,34)/t21-,22+,23+/m0/s1. The molecule has 2 saturated heterocycles. The zero-order valence-electron chi connectivity index (χ0n) is 23.2. The highest BCUT2D eigenvalue weighted by Gasteiger charge is 2.42. The normalized spacial score (nSPS) is 22.5. The summed E-state index contributed by atoms with van der Waals surface area (Å²) in [5.74, 6) is -0.213. The van der Waals surface area contributed by atoms with Crippen LogP contribution in [0.3, 0.4) is 0 Å². The Kier molecular flexibility index (Phi) is 8.31. The highest BCUT2D eigenvalue weighted by Crippen LogP contribution is 2.37. The van der Waals surface area contributed by atoms with Crippen LogP contribution in [0.25, 0.3) is 0 Å². The van der Waals surface area contributed by atoms with Gasteiger partial charge in [0.15, 0.2) is 8.32 Å². The van der Waals surface area contributed by atoms with Crippen LogP contribution in [0.2, 0.25) is 18.1 Å². The summed E-state index contributed by atoms with van der Waals surface area (Å²) < 4.78 is 19.5. The molecule has 38 heavy (non-hydrogen) atoms. The molecule has 1 aromatic heterocycles. The van der Waals surface area contributed by atoms with Gasteiger partial charge in [0.2, 0.25) is 0 Å². The molecule has 2 N–H and O–H groups in total. The third kappa shape index (κ3) is 6.28. The number of rotatable bonds is 7. The Balaban J connectivity index is 1.51. The summed E-state index contributed by atoms with van der Waals surface area (Å²) in [5, 5.41) is 3.13. The van der Waals surface area contributed by atoms with Crippen molar-refractivity contribution in [3.63, 3.8) is 0 Å². The summed E-state index contributed by atoms with van der Waals surface area (Å²) in [4.78, 5) is 42.3. The van der Waals surface area contributed by atoms with Crippen molar-refractivity contribution >= 4 is 19.9 Å². The SMILES string of the molecule is Cc1cn([C@H]2C[C@H](NC(=O)c3ccc(N4CCOCC4)cc3)[C@@H](CO[Si](C)(C)C(C)(C)C)O2)c(=O)[nH]c1=O. The number of H-pyrrole nitrogens is 1. The number of benzene rings is 1. The van der Waals surface area contributed by atoms with Crippen molar-refractivity contribution < 1.29 is 18.7 Å². The molecule has 10 nitrogen and oxygen atoms in total. The number of aromatic nitrogens is 2. The van der Waals surface area contributed by atoms with Gasteiger partial charge in [-0.3, -0.25) is 19.1 Å². The second kappa shape index (κ2) is 11.2. The quantitative estimate of drug-likeness (QED) is 0.515. The Bertz CT molecular complexity index is 1240. The van der Waals surface area contributed by atoms with Gasteiger partial charge in [-0.05, 0) is 49.3 Å². The van der Waals surface area contributed by atoms with Crippen LogP contribution in [0.1, 0.15) is 49.3 Å². The van der Waals surface area contributed by atoms with Gasteiger partial charge in [0.1, 0.15) is 12.3 Å². The van der Waals surface area contributed by atoms with Crippen molar-refractivity contribution in [3.05, 3.63) is 62.4 Å². The molecule has 4 rings (SSSR count). The van der Waals surface area contributed by atoms with E-state index in [-0.39, 0.29) is 17.0 Å². The molecule has 0 aliphatic carbocycles. The van der Waals surface area contributed by atoms with Gasteiger partial charge in [0.25, 0.3) is 11.5 Å². The van der Waals surface area contributed by atoms with E-state index in [9.17, 15) is 14.4 Å². The van der Waals surface area contributed by atoms with Crippen LogP contribution in [0.4, 0.5) is 5.69 Å². The molecule has 3 heterocycles. The van der Waals surface area contributed by atoms with Crippen molar-refractivity contribution in [2.45, 2.75) is 70.6 Å². The first kappa shape index (κ1) is 28.3.